The Kier molecular flexibility index (Phi) is 6.49. The van der Waals surface area contributed by atoms with E-state index in [0.717, 1.165) is 22.8 Å². The lowest BCUT2D eigenvalue weighted by Gasteiger charge is -2.15. The second-order valence-electron chi connectivity index (χ2n) is 5.48. The quantitative estimate of drug-likeness (QED) is 0.809. The van der Waals surface area contributed by atoms with Crippen LogP contribution in [0.4, 0.5) is 0 Å². The summed E-state index contributed by atoms with van der Waals surface area (Å²) >= 11 is 0. The number of rotatable bonds is 8. The predicted octanol–water partition coefficient (Wildman–Crippen LogP) is 2.83. The number of amides is 1. The molecule has 0 saturated carbocycles. The molecule has 0 fully saturated rings. The first-order valence-corrected chi connectivity index (χ1v) is 7.80. The first-order valence-electron chi connectivity index (χ1n) is 7.80. The van der Waals surface area contributed by atoms with Crippen LogP contribution in [0.1, 0.15) is 12.5 Å². The van der Waals surface area contributed by atoms with Crippen LogP contribution in [0.5, 0.6) is 17.2 Å². The first-order chi connectivity index (χ1) is 11.6. The maximum atomic E-state index is 12.1. The third kappa shape index (κ3) is 5.50. The molecule has 1 atom stereocenters. The molecule has 0 heterocycles. The fourth-order valence-electron chi connectivity index (χ4n) is 2.19. The second kappa shape index (κ2) is 8.82. The molecule has 24 heavy (non-hydrogen) atoms. The van der Waals surface area contributed by atoms with Gasteiger partial charge in [-0.25, -0.2) is 0 Å². The average Bonchev–Trinajstić information content (AvgIpc) is 2.61. The zero-order valence-electron chi connectivity index (χ0n) is 14.2. The highest BCUT2D eigenvalue weighted by Gasteiger charge is 2.09. The molecular weight excluding hydrogens is 306 g/mol. The van der Waals surface area contributed by atoms with Gasteiger partial charge in [0.2, 0.25) is 5.91 Å². The van der Waals surface area contributed by atoms with Crippen molar-refractivity contribution in [2.75, 3.05) is 20.8 Å². The van der Waals surface area contributed by atoms with Crippen molar-refractivity contribution in [3.05, 3.63) is 54.1 Å². The van der Waals surface area contributed by atoms with Gasteiger partial charge in [-0.1, -0.05) is 12.1 Å². The molecule has 1 N–H and O–H groups in total. The van der Waals surface area contributed by atoms with E-state index in [1.807, 2.05) is 55.5 Å². The van der Waals surface area contributed by atoms with Gasteiger partial charge in [-0.15, -0.1) is 0 Å². The lowest BCUT2D eigenvalue weighted by molar-refractivity contribution is -0.121. The molecule has 2 aromatic rings. The molecule has 0 bridgehead atoms. The van der Waals surface area contributed by atoms with Crippen molar-refractivity contribution in [2.24, 2.45) is 0 Å². The number of carbonyl (C=O) groups excluding carboxylic acids is 1. The van der Waals surface area contributed by atoms with Gasteiger partial charge < -0.3 is 19.5 Å². The number of carbonyl (C=O) groups is 1. The zero-order valence-corrected chi connectivity index (χ0v) is 14.2. The molecule has 5 nitrogen and oxygen atoms in total. The maximum Gasteiger partial charge on any atom is 0.224 e. The summed E-state index contributed by atoms with van der Waals surface area (Å²) in [6, 6.07) is 14.7. The Balaban J connectivity index is 1.75. The van der Waals surface area contributed by atoms with Crippen LogP contribution in [0.2, 0.25) is 0 Å². The van der Waals surface area contributed by atoms with Crippen LogP contribution in [-0.4, -0.2) is 32.8 Å². The molecule has 0 spiro atoms. The Hall–Kier alpha value is -2.69. The molecule has 0 radical (unpaired) electrons. The lowest BCUT2D eigenvalue weighted by Crippen LogP contribution is -2.37. The predicted molar refractivity (Wildman–Crippen MR) is 92.8 cm³/mol. The Morgan fingerprint density at radius 3 is 1.96 bits per heavy atom. The van der Waals surface area contributed by atoms with Crippen LogP contribution >= 0.6 is 0 Å². The van der Waals surface area contributed by atoms with Gasteiger partial charge in [0, 0.05) is 0 Å². The molecule has 1 amide bonds. The molecule has 5 heteroatoms. The SMILES string of the molecule is COc1ccc(CC(=O)NC(C)COc2ccc(OC)cc2)cc1. The molecule has 0 aliphatic carbocycles. The van der Waals surface area contributed by atoms with Gasteiger partial charge >= 0.3 is 0 Å². The smallest absolute Gasteiger partial charge is 0.224 e. The van der Waals surface area contributed by atoms with Gasteiger partial charge in [0.1, 0.15) is 23.9 Å². The van der Waals surface area contributed by atoms with Crippen LogP contribution in [-0.2, 0) is 11.2 Å². The standard InChI is InChI=1S/C19H23NO4/c1-14(13-24-18-10-8-17(23-3)9-11-18)20-19(21)12-15-4-6-16(22-2)7-5-15/h4-11,14H,12-13H2,1-3H3,(H,20,21). The summed E-state index contributed by atoms with van der Waals surface area (Å²) in [5.74, 6) is 2.27. The van der Waals surface area contributed by atoms with Gasteiger partial charge in [0.15, 0.2) is 0 Å². The lowest BCUT2D eigenvalue weighted by atomic mass is 10.1. The fraction of sp³-hybridized carbons (Fsp3) is 0.316. The number of hydrogen-bond donors (Lipinski definition) is 1. The second-order valence-corrected chi connectivity index (χ2v) is 5.48. The van der Waals surface area contributed by atoms with Gasteiger partial charge in [-0.05, 0) is 48.9 Å². The van der Waals surface area contributed by atoms with Crippen molar-refractivity contribution in [1.82, 2.24) is 5.32 Å². The molecule has 2 aromatic carbocycles. The van der Waals surface area contributed by atoms with Crippen molar-refractivity contribution in [3.8, 4) is 17.2 Å². The zero-order chi connectivity index (χ0) is 17.4. The molecule has 2 rings (SSSR count). The summed E-state index contributed by atoms with van der Waals surface area (Å²) in [6.45, 7) is 2.32. The first kappa shape index (κ1) is 17.7. The normalized spacial score (nSPS) is 11.5. The molecule has 0 aliphatic heterocycles. The van der Waals surface area contributed by atoms with Crippen molar-refractivity contribution < 1.29 is 19.0 Å². The maximum absolute atomic E-state index is 12.1. The van der Waals surface area contributed by atoms with Crippen molar-refractivity contribution in [1.29, 1.82) is 0 Å². The summed E-state index contributed by atoms with van der Waals surface area (Å²) in [4.78, 5) is 12.1. The van der Waals surface area contributed by atoms with E-state index in [-0.39, 0.29) is 11.9 Å². The Labute approximate surface area is 142 Å². The van der Waals surface area contributed by atoms with E-state index < -0.39 is 0 Å². The van der Waals surface area contributed by atoms with Crippen LogP contribution < -0.4 is 19.5 Å². The van der Waals surface area contributed by atoms with Gasteiger partial charge in [-0.3, -0.25) is 4.79 Å². The number of nitrogens with one attached hydrogen (secondary N) is 1. The van der Waals surface area contributed by atoms with E-state index in [1.165, 1.54) is 0 Å². The minimum Gasteiger partial charge on any atom is -0.497 e. The monoisotopic (exact) mass is 329 g/mol. The highest BCUT2D eigenvalue weighted by atomic mass is 16.5. The number of hydrogen-bond acceptors (Lipinski definition) is 4. The third-order valence-corrected chi connectivity index (χ3v) is 3.49. The molecule has 0 aliphatic rings. The summed E-state index contributed by atoms with van der Waals surface area (Å²) < 4.78 is 15.9. The third-order valence-electron chi connectivity index (χ3n) is 3.49. The Bertz CT molecular complexity index is 637. The van der Waals surface area contributed by atoms with E-state index >= 15 is 0 Å². The molecular formula is C19H23NO4. The van der Waals surface area contributed by atoms with E-state index in [1.54, 1.807) is 14.2 Å². The van der Waals surface area contributed by atoms with Crippen LogP contribution in [0.25, 0.3) is 0 Å². The number of benzene rings is 2. The highest BCUT2D eigenvalue weighted by molar-refractivity contribution is 5.78. The number of ether oxygens (including phenoxy) is 3. The van der Waals surface area contributed by atoms with Crippen LogP contribution in [0.3, 0.4) is 0 Å². The average molecular weight is 329 g/mol. The number of methoxy groups -OCH3 is 2. The van der Waals surface area contributed by atoms with Crippen molar-refractivity contribution >= 4 is 5.91 Å². The van der Waals surface area contributed by atoms with Crippen LogP contribution in [0.15, 0.2) is 48.5 Å². The molecule has 0 saturated heterocycles. The fourth-order valence-corrected chi connectivity index (χ4v) is 2.19. The summed E-state index contributed by atoms with van der Waals surface area (Å²) in [7, 11) is 3.24. The highest BCUT2D eigenvalue weighted by Crippen LogP contribution is 2.17. The minimum atomic E-state index is -0.0853. The summed E-state index contributed by atoms with van der Waals surface area (Å²) in [5.41, 5.74) is 0.941. The minimum absolute atomic E-state index is 0.0361. The summed E-state index contributed by atoms with van der Waals surface area (Å²) in [6.07, 6.45) is 0.330. The van der Waals surface area contributed by atoms with Crippen LogP contribution in [0, 0.1) is 0 Å². The van der Waals surface area contributed by atoms with E-state index in [9.17, 15) is 4.79 Å². The van der Waals surface area contributed by atoms with Gasteiger partial charge in [-0.2, -0.15) is 0 Å². The van der Waals surface area contributed by atoms with Gasteiger partial charge in [0.25, 0.3) is 0 Å². The van der Waals surface area contributed by atoms with Gasteiger partial charge in [0.05, 0.1) is 26.7 Å². The van der Waals surface area contributed by atoms with Crippen molar-refractivity contribution in [2.45, 2.75) is 19.4 Å². The van der Waals surface area contributed by atoms with E-state index in [0.29, 0.717) is 13.0 Å². The molecule has 128 valence electrons. The topological polar surface area (TPSA) is 56.8 Å². The Morgan fingerprint density at radius 1 is 0.917 bits per heavy atom. The largest absolute Gasteiger partial charge is 0.497 e. The van der Waals surface area contributed by atoms with Crippen molar-refractivity contribution in [3.63, 3.8) is 0 Å². The van der Waals surface area contributed by atoms with E-state index in [2.05, 4.69) is 5.32 Å². The molecule has 0 aromatic heterocycles. The summed E-state index contributed by atoms with van der Waals surface area (Å²) in [5, 5.41) is 2.93. The van der Waals surface area contributed by atoms with E-state index in [4.69, 9.17) is 14.2 Å². The molecule has 1 unspecified atom stereocenters. The Morgan fingerprint density at radius 2 is 1.42 bits per heavy atom.